The first-order valence-electron chi connectivity index (χ1n) is 6.19. The van der Waals surface area contributed by atoms with E-state index in [1.165, 1.54) is 19.3 Å². The molecule has 6 heteroatoms. The van der Waals surface area contributed by atoms with Crippen LogP contribution in [0.3, 0.4) is 0 Å². The van der Waals surface area contributed by atoms with Crippen LogP contribution in [0.2, 0.25) is 0 Å². The fourth-order valence-electron chi connectivity index (χ4n) is 2.56. The van der Waals surface area contributed by atoms with E-state index in [9.17, 15) is 8.76 Å². The lowest BCUT2D eigenvalue weighted by molar-refractivity contribution is 0.324. The van der Waals surface area contributed by atoms with Gasteiger partial charge in [0, 0.05) is 19.5 Å². The zero-order valence-electron chi connectivity index (χ0n) is 10.3. The molecular weight excluding hydrogens is 256 g/mol. The van der Waals surface area contributed by atoms with Gasteiger partial charge in [-0.15, -0.1) is 0 Å². The van der Waals surface area contributed by atoms with Gasteiger partial charge in [0.1, 0.15) is 5.75 Å². The quantitative estimate of drug-likeness (QED) is 0.562. The molecule has 17 heavy (non-hydrogen) atoms. The first kappa shape index (κ1) is 13.2. The summed E-state index contributed by atoms with van der Waals surface area (Å²) in [5.74, 6) is 0.701. The van der Waals surface area contributed by atoms with Crippen molar-refractivity contribution in [3.8, 4) is 0 Å². The van der Waals surface area contributed by atoms with Crippen LogP contribution in [-0.2, 0) is 14.4 Å². The summed E-state index contributed by atoms with van der Waals surface area (Å²) in [4.78, 5) is 2.18. The molecule has 2 aliphatic rings. The van der Waals surface area contributed by atoms with Gasteiger partial charge in [-0.1, -0.05) is 4.21 Å². The van der Waals surface area contributed by atoms with Crippen LogP contribution in [0.15, 0.2) is 0 Å². The van der Waals surface area contributed by atoms with Gasteiger partial charge in [0.2, 0.25) is 10.2 Å². The van der Waals surface area contributed by atoms with E-state index in [2.05, 4.69) is 10.2 Å². The van der Waals surface area contributed by atoms with Crippen LogP contribution >= 0.6 is 12.2 Å². The van der Waals surface area contributed by atoms with E-state index in [0.717, 1.165) is 24.6 Å². The third kappa shape index (κ3) is 3.39. The van der Waals surface area contributed by atoms with E-state index in [-0.39, 0.29) is 5.54 Å². The van der Waals surface area contributed by atoms with E-state index in [1.807, 2.05) is 6.92 Å². The SMILES string of the molecule is C[C@]1(NC(=S)N2CCCCC2)CC[S+](=O)(O)C1. The van der Waals surface area contributed by atoms with Crippen molar-refractivity contribution in [3.05, 3.63) is 0 Å². The number of likely N-dealkylation sites (tertiary alicyclic amines) is 1. The molecule has 0 saturated carbocycles. The van der Waals surface area contributed by atoms with Crippen LogP contribution in [0.25, 0.3) is 0 Å². The summed E-state index contributed by atoms with van der Waals surface area (Å²) in [6, 6.07) is 0. The minimum atomic E-state index is -2.62. The molecule has 1 unspecified atom stereocenters. The van der Waals surface area contributed by atoms with E-state index < -0.39 is 10.2 Å². The molecule has 0 aromatic heterocycles. The van der Waals surface area contributed by atoms with E-state index in [1.54, 1.807) is 0 Å². The minimum absolute atomic E-state index is 0.305. The second-order valence-corrected chi connectivity index (χ2v) is 8.04. The Morgan fingerprint density at radius 2 is 2.06 bits per heavy atom. The van der Waals surface area contributed by atoms with Crippen molar-refractivity contribution in [1.82, 2.24) is 10.2 Å². The molecule has 0 aliphatic carbocycles. The Balaban J connectivity index is 1.92. The molecule has 0 aromatic carbocycles. The van der Waals surface area contributed by atoms with Crippen molar-refractivity contribution < 1.29 is 8.76 Å². The smallest absolute Gasteiger partial charge is 0.216 e. The van der Waals surface area contributed by atoms with Gasteiger partial charge >= 0.3 is 0 Å². The predicted molar refractivity (Wildman–Crippen MR) is 74.6 cm³/mol. The first-order valence-corrected chi connectivity index (χ1v) is 8.46. The van der Waals surface area contributed by atoms with Gasteiger partial charge in [0.05, 0.1) is 5.54 Å². The molecule has 0 amide bonds. The summed E-state index contributed by atoms with van der Waals surface area (Å²) in [5, 5.41) is 4.05. The van der Waals surface area contributed by atoms with Gasteiger partial charge in [-0.05, 0) is 38.4 Å². The third-order valence-electron chi connectivity index (χ3n) is 3.57. The van der Waals surface area contributed by atoms with Crippen molar-refractivity contribution in [2.24, 2.45) is 0 Å². The second kappa shape index (κ2) is 4.82. The fourth-order valence-corrected chi connectivity index (χ4v) is 5.11. The van der Waals surface area contributed by atoms with Gasteiger partial charge in [-0.2, -0.15) is 4.55 Å². The number of nitrogens with zero attached hydrogens (tertiary/aromatic N) is 1. The maximum absolute atomic E-state index is 11.6. The minimum Gasteiger partial charge on any atom is -0.352 e. The normalized spacial score (nSPS) is 38.1. The van der Waals surface area contributed by atoms with E-state index in [0.29, 0.717) is 11.5 Å². The van der Waals surface area contributed by atoms with Crippen LogP contribution < -0.4 is 5.32 Å². The van der Waals surface area contributed by atoms with Crippen molar-refractivity contribution in [1.29, 1.82) is 0 Å². The van der Waals surface area contributed by atoms with Crippen molar-refractivity contribution in [2.45, 2.75) is 38.1 Å². The van der Waals surface area contributed by atoms with Gasteiger partial charge in [0.15, 0.2) is 10.9 Å². The maximum atomic E-state index is 11.6. The Kier molecular flexibility index (Phi) is 3.75. The molecule has 2 N–H and O–H groups in total. The van der Waals surface area contributed by atoms with Crippen LogP contribution in [0.4, 0.5) is 0 Å². The van der Waals surface area contributed by atoms with E-state index in [4.69, 9.17) is 12.2 Å². The molecule has 2 atom stereocenters. The Morgan fingerprint density at radius 3 is 2.59 bits per heavy atom. The molecule has 2 heterocycles. The molecule has 2 saturated heterocycles. The van der Waals surface area contributed by atoms with Crippen molar-refractivity contribution in [3.63, 3.8) is 0 Å². The highest BCUT2D eigenvalue weighted by Crippen LogP contribution is 2.26. The lowest BCUT2D eigenvalue weighted by atomic mass is 10.0. The monoisotopic (exact) mass is 277 g/mol. The average molecular weight is 277 g/mol. The highest BCUT2D eigenvalue weighted by atomic mass is 32.3. The number of nitrogens with one attached hydrogen (secondary N) is 1. The third-order valence-corrected chi connectivity index (χ3v) is 5.86. The Labute approximate surface area is 109 Å². The zero-order valence-corrected chi connectivity index (χ0v) is 11.9. The summed E-state index contributed by atoms with van der Waals surface area (Å²) in [6.07, 6.45) is 4.38. The zero-order chi connectivity index (χ0) is 12.5. The van der Waals surface area contributed by atoms with E-state index >= 15 is 0 Å². The van der Waals surface area contributed by atoms with Gasteiger partial charge in [-0.3, -0.25) is 0 Å². The molecule has 2 aliphatic heterocycles. The topological polar surface area (TPSA) is 52.6 Å². The molecule has 2 rings (SSSR count). The van der Waals surface area contributed by atoms with Crippen LogP contribution in [0, 0.1) is 0 Å². The number of hydrogen-bond acceptors (Lipinski definition) is 2. The molecule has 4 nitrogen and oxygen atoms in total. The Morgan fingerprint density at radius 1 is 1.41 bits per heavy atom. The van der Waals surface area contributed by atoms with Crippen LogP contribution in [0.1, 0.15) is 32.6 Å². The average Bonchev–Trinajstić information content (AvgIpc) is 2.54. The van der Waals surface area contributed by atoms with Gasteiger partial charge in [0.25, 0.3) is 0 Å². The Hall–Kier alpha value is -0.200. The highest BCUT2D eigenvalue weighted by Gasteiger charge is 2.47. The molecule has 0 spiro atoms. The van der Waals surface area contributed by atoms with Crippen molar-refractivity contribution in [2.75, 3.05) is 24.6 Å². The number of rotatable bonds is 1. The Bertz CT molecular complexity index is 355. The first-order chi connectivity index (χ1) is 7.90. The summed E-state index contributed by atoms with van der Waals surface area (Å²) in [7, 11) is -2.62. The predicted octanol–water partition coefficient (Wildman–Crippen LogP) is 1.48. The lowest BCUT2D eigenvalue weighted by Gasteiger charge is -2.33. The number of hydrogen-bond donors (Lipinski definition) is 2. The largest absolute Gasteiger partial charge is 0.352 e. The summed E-state index contributed by atoms with van der Waals surface area (Å²) >= 11 is 5.40. The second-order valence-electron chi connectivity index (χ2n) is 5.41. The van der Waals surface area contributed by atoms with Gasteiger partial charge in [-0.25, -0.2) is 0 Å². The summed E-state index contributed by atoms with van der Waals surface area (Å²) in [6.45, 7) is 4.01. The molecule has 0 aromatic rings. The summed E-state index contributed by atoms with van der Waals surface area (Å²) < 4.78 is 21.2. The highest BCUT2D eigenvalue weighted by molar-refractivity contribution is 7.98. The van der Waals surface area contributed by atoms with Crippen molar-refractivity contribution >= 4 is 27.5 Å². The molecule has 2 fully saturated rings. The molecule has 98 valence electrons. The van der Waals surface area contributed by atoms with Crippen LogP contribution in [0.5, 0.6) is 0 Å². The number of piperidine rings is 1. The maximum Gasteiger partial charge on any atom is 0.216 e. The summed E-state index contributed by atoms with van der Waals surface area (Å²) in [5.41, 5.74) is -0.305. The van der Waals surface area contributed by atoms with Gasteiger partial charge < -0.3 is 10.2 Å². The van der Waals surface area contributed by atoms with Crippen LogP contribution in [-0.4, -0.2) is 44.7 Å². The molecular formula is C11H21N2O2S2+. The fraction of sp³-hybridized carbons (Fsp3) is 0.909. The molecule has 0 radical (unpaired) electrons. The molecule has 0 bridgehead atoms. The number of thiocarbonyl (C=S) groups is 1. The lowest BCUT2D eigenvalue weighted by Crippen LogP contribution is -2.53. The standard InChI is InChI=1S/C11H20N2O2S2/c1-11(5-8-17(14,15)9-11)12-10(16)13-6-3-2-4-7-13/h2-9H2,1H3,(H-,12,14,15,16)/p+1/t11-/m0/s1.